The molecule has 0 saturated heterocycles. The second-order valence-corrected chi connectivity index (χ2v) is 3.40. The highest BCUT2D eigenvalue weighted by Gasteiger charge is 2.03. The lowest BCUT2D eigenvalue weighted by Gasteiger charge is -2.02. The van der Waals surface area contributed by atoms with Crippen LogP contribution in [0.2, 0.25) is 0 Å². The topological polar surface area (TPSA) is 72.2 Å². The molecule has 5 heteroatoms. The van der Waals surface area contributed by atoms with E-state index in [9.17, 15) is 9.59 Å². The van der Waals surface area contributed by atoms with Crippen LogP contribution in [0.1, 0.15) is 35.4 Å². The number of aliphatic carboxylic acids is 1. The van der Waals surface area contributed by atoms with Crippen LogP contribution in [0, 0.1) is 6.92 Å². The molecular formula is C10H14N2O3. The summed E-state index contributed by atoms with van der Waals surface area (Å²) in [4.78, 5) is 20.7. The van der Waals surface area contributed by atoms with Gasteiger partial charge in [0.25, 0.3) is 0 Å². The molecule has 0 amide bonds. The van der Waals surface area contributed by atoms with Crippen molar-refractivity contribution in [2.45, 2.75) is 32.7 Å². The number of aldehydes is 1. The van der Waals surface area contributed by atoms with Crippen LogP contribution in [-0.4, -0.2) is 27.1 Å². The van der Waals surface area contributed by atoms with E-state index in [0.717, 1.165) is 12.1 Å². The number of aryl methyl sites for hydroxylation is 2. The number of nitrogens with zero attached hydrogens (tertiary/aromatic N) is 2. The fraction of sp³-hybridized carbons (Fsp3) is 0.500. The molecule has 0 aliphatic rings. The fourth-order valence-electron chi connectivity index (χ4n) is 1.36. The van der Waals surface area contributed by atoms with Crippen molar-refractivity contribution in [3.05, 3.63) is 17.5 Å². The molecule has 1 aromatic rings. The Balaban J connectivity index is 2.40. The molecule has 1 N–H and O–H groups in total. The first-order chi connectivity index (χ1) is 7.13. The molecule has 5 nitrogen and oxygen atoms in total. The predicted octanol–water partition coefficient (Wildman–Crippen LogP) is 1.26. The maximum absolute atomic E-state index is 10.4. The molecule has 0 aromatic carbocycles. The van der Waals surface area contributed by atoms with Gasteiger partial charge < -0.3 is 5.11 Å². The third-order valence-electron chi connectivity index (χ3n) is 2.13. The lowest BCUT2D eigenvalue weighted by atomic mass is 10.2. The molecule has 0 radical (unpaired) electrons. The summed E-state index contributed by atoms with van der Waals surface area (Å²) in [5.74, 6) is -0.777. The summed E-state index contributed by atoms with van der Waals surface area (Å²) in [5.41, 5.74) is 1.35. The van der Waals surface area contributed by atoms with Gasteiger partial charge in [0.1, 0.15) is 5.69 Å². The fourth-order valence-corrected chi connectivity index (χ4v) is 1.36. The third-order valence-corrected chi connectivity index (χ3v) is 2.13. The van der Waals surface area contributed by atoms with Crippen molar-refractivity contribution < 1.29 is 14.7 Å². The molecule has 0 aliphatic heterocycles. The molecule has 1 aromatic heterocycles. The van der Waals surface area contributed by atoms with Crippen molar-refractivity contribution in [3.63, 3.8) is 0 Å². The van der Waals surface area contributed by atoms with Gasteiger partial charge in [0.2, 0.25) is 0 Å². The Morgan fingerprint density at radius 2 is 2.33 bits per heavy atom. The van der Waals surface area contributed by atoms with E-state index in [-0.39, 0.29) is 6.42 Å². The molecule has 0 fully saturated rings. The molecule has 15 heavy (non-hydrogen) atoms. The Labute approximate surface area is 87.7 Å². The zero-order valence-electron chi connectivity index (χ0n) is 8.64. The number of carboxylic acid groups (broad SMARTS) is 1. The highest BCUT2D eigenvalue weighted by molar-refractivity contribution is 5.71. The first-order valence-electron chi connectivity index (χ1n) is 4.85. The number of carboxylic acids is 1. The number of carbonyl (C=O) groups excluding carboxylic acids is 1. The number of hydrogen-bond acceptors (Lipinski definition) is 3. The average molecular weight is 210 g/mol. The van der Waals surface area contributed by atoms with E-state index in [1.54, 1.807) is 10.7 Å². The van der Waals surface area contributed by atoms with Gasteiger partial charge in [-0.05, 0) is 25.8 Å². The number of unbranched alkanes of at least 4 members (excludes halogenated alkanes) is 1. The summed E-state index contributed by atoms with van der Waals surface area (Å²) < 4.78 is 1.73. The number of carbonyl (C=O) groups is 2. The number of aromatic nitrogens is 2. The summed E-state index contributed by atoms with van der Waals surface area (Å²) in [5, 5.41) is 12.5. The van der Waals surface area contributed by atoms with E-state index < -0.39 is 5.97 Å². The second-order valence-electron chi connectivity index (χ2n) is 3.40. The lowest BCUT2D eigenvalue weighted by Crippen LogP contribution is -2.04. The molecule has 0 aliphatic carbocycles. The molecule has 0 spiro atoms. The predicted molar refractivity (Wildman–Crippen MR) is 53.8 cm³/mol. The van der Waals surface area contributed by atoms with Gasteiger partial charge in [-0.3, -0.25) is 14.3 Å². The van der Waals surface area contributed by atoms with Crippen molar-refractivity contribution in [2.24, 2.45) is 0 Å². The van der Waals surface area contributed by atoms with E-state index in [0.29, 0.717) is 24.9 Å². The molecule has 0 unspecified atom stereocenters. The van der Waals surface area contributed by atoms with Crippen LogP contribution in [0.5, 0.6) is 0 Å². The average Bonchev–Trinajstić information content (AvgIpc) is 2.54. The van der Waals surface area contributed by atoms with Gasteiger partial charge in [-0.25, -0.2) is 0 Å². The number of rotatable bonds is 6. The third kappa shape index (κ3) is 3.53. The van der Waals surface area contributed by atoms with Crippen molar-refractivity contribution in [1.29, 1.82) is 0 Å². The molecule has 1 rings (SSSR count). The molecule has 1 heterocycles. The Kier molecular flexibility index (Phi) is 4.03. The van der Waals surface area contributed by atoms with Gasteiger partial charge in [-0.2, -0.15) is 5.10 Å². The molecule has 0 bridgehead atoms. The Morgan fingerprint density at radius 1 is 1.60 bits per heavy atom. The van der Waals surface area contributed by atoms with Crippen molar-refractivity contribution in [1.82, 2.24) is 9.78 Å². The Hall–Kier alpha value is -1.65. The van der Waals surface area contributed by atoms with Crippen LogP contribution in [0.15, 0.2) is 6.07 Å². The highest BCUT2D eigenvalue weighted by atomic mass is 16.4. The minimum Gasteiger partial charge on any atom is -0.481 e. The van der Waals surface area contributed by atoms with Crippen LogP contribution in [0.25, 0.3) is 0 Å². The van der Waals surface area contributed by atoms with Crippen LogP contribution < -0.4 is 0 Å². The van der Waals surface area contributed by atoms with E-state index in [4.69, 9.17) is 5.11 Å². The van der Waals surface area contributed by atoms with Gasteiger partial charge in [-0.15, -0.1) is 0 Å². The van der Waals surface area contributed by atoms with Crippen LogP contribution in [0.3, 0.4) is 0 Å². The Bertz CT molecular complexity index is 358. The van der Waals surface area contributed by atoms with Crippen LogP contribution in [0.4, 0.5) is 0 Å². The van der Waals surface area contributed by atoms with Gasteiger partial charge in [0.05, 0.1) is 0 Å². The SMILES string of the molecule is Cc1cc(C=O)nn1CCCCC(=O)O. The van der Waals surface area contributed by atoms with Crippen molar-refractivity contribution in [3.8, 4) is 0 Å². The first kappa shape index (κ1) is 11.4. The van der Waals surface area contributed by atoms with E-state index in [1.165, 1.54) is 0 Å². The minimum absolute atomic E-state index is 0.181. The maximum atomic E-state index is 10.4. The standard InChI is InChI=1S/C10H14N2O3/c1-8-6-9(7-13)11-12(8)5-3-2-4-10(14)15/h6-7H,2-5H2,1H3,(H,14,15). The van der Waals surface area contributed by atoms with Gasteiger partial charge in [0, 0.05) is 18.7 Å². The summed E-state index contributed by atoms with van der Waals surface area (Å²) in [7, 11) is 0. The van der Waals surface area contributed by atoms with Crippen LogP contribution in [-0.2, 0) is 11.3 Å². The lowest BCUT2D eigenvalue weighted by molar-refractivity contribution is -0.137. The van der Waals surface area contributed by atoms with E-state index in [2.05, 4.69) is 5.10 Å². The monoisotopic (exact) mass is 210 g/mol. The largest absolute Gasteiger partial charge is 0.481 e. The number of hydrogen-bond donors (Lipinski definition) is 1. The normalized spacial score (nSPS) is 10.2. The summed E-state index contributed by atoms with van der Waals surface area (Å²) in [6.45, 7) is 2.53. The second kappa shape index (κ2) is 5.29. The van der Waals surface area contributed by atoms with Gasteiger partial charge >= 0.3 is 5.97 Å². The van der Waals surface area contributed by atoms with Gasteiger partial charge in [0.15, 0.2) is 6.29 Å². The zero-order chi connectivity index (χ0) is 11.3. The molecule has 0 atom stereocenters. The smallest absolute Gasteiger partial charge is 0.303 e. The summed E-state index contributed by atoms with van der Waals surface area (Å²) in [6, 6.07) is 1.71. The summed E-state index contributed by atoms with van der Waals surface area (Å²) in [6.07, 6.45) is 2.28. The quantitative estimate of drug-likeness (QED) is 0.566. The first-order valence-corrected chi connectivity index (χ1v) is 4.85. The van der Waals surface area contributed by atoms with Crippen molar-refractivity contribution in [2.75, 3.05) is 0 Å². The maximum Gasteiger partial charge on any atom is 0.303 e. The summed E-state index contributed by atoms with van der Waals surface area (Å²) >= 11 is 0. The zero-order valence-corrected chi connectivity index (χ0v) is 8.64. The van der Waals surface area contributed by atoms with E-state index in [1.807, 2.05) is 6.92 Å². The minimum atomic E-state index is -0.777. The Morgan fingerprint density at radius 3 is 2.87 bits per heavy atom. The molecule has 0 saturated carbocycles. The molecular weight excluding hydrogens is 196 g/mol. The highest BCUT2D eigenvalue weighted by Crippen LogP contribution is 2.04. The van der Waals surface area contributed by atoms with Gasteiger partial charge in [-0.1, -0.05) is 0 Å². The van der Waals surface area contributed by atoms with E-state index >= 15 is 0 Å². The van der Waals surface area contributed by atoms with Crippen LogP contribution >= 0.6 is 0 Å². The van der Waals surface area contributed by atoms with Crippen molar-refractivity contribution >= 4 is 12.3 Å². The molecule has 82 valence electrons.